The van der Waals surface area contributed by atoms with Crippen LogP contribution in [0.2, 0.25) is 0 Å². The number of nitrogens with two attached hydrogens (primary N) is 1. The van der Waals surface area contributed by atoms with E-state index in [1.165, 1.54) is 12.0 Å². The molecule has 0 bridgehead atoms. The van der Waals surface area contributed by atoms with Gasteiger partial charge in [0.1, 0.15) is 17.2 Å². The number of ether oxygens (including phenoxy) is 1. The molecule has 0 saturated carbocycles. The molecule has 3 heterocycles. The number of halogens is 2. The summed E-state index contributed by atoms with van der Waals surface area (Å²) in [6, 6.07) is 9.45. The molecule has 1 amide bonds. The van der Waals surface area contributed by atoms with Gasteiger partial charge in [0.05, 0.1) is 29.4 Å². The molecule has 0 spiro atoms. The first-order chi connectivity index (χ1) is 18.9. The molecule has 0 radical (unpaired) electrons. The van der Waals surface area contributed by atoms with Gasteiger partial charge in [-0.15, -0.1) is 0 Å². The van der Waals surface area contributed by atoms with Crippen LogP contribution in [0.3, 0.4) is 0 Å². The third-order valence-electron chi connectivity index (χ3n) is 7.07. The normalized spacial score (nSPS) is 14.5. The maximum Gasteiger partial charge on any atom is 0.250 e. The molecule has 4 aromatic rings. The zero-order chi connectivity index (χ0) is 27.5. The fourth-order valence-electron chi connectivity index (χ4n) is 5.07. The quantitative estimate of drug-likeness (QED) is 0.226. The zero-order valence-corrected chi connectivity index (χ0v) is 21.9. The van der Waals surface area contributed by atoms with Crippen molar-refractivity contribution in [1.29, 1.82) is 0 Å². The molecule has 204 valence electrons. The smallest absolute Gasteiger partial charge is 0.250 e. The standard InChI is InChI=1S/C28H31F2N7O2/c1-3-10-37-11-7-16(8-12-37)17-4-5-22(24(13-17)39-2)34-28-35-26-18(6-9-32-26)27(36-28)33-23-15-21(30)20(29)14-19(23)25(31)38/h4-6,9,13-16H,3,7-8,10-12H2,1-2H3,(H2,31,38)(H3,32,33,34,35,36). The van der Waals surface area contributed by atoms with E-state index >= 15 is 0 Å². The monoisotopic (exact) mass is 535 g/mol. The fraction of sp³-hybridized carbons (Fsp3) is 0.321. The zero-order valence-electron chi connectivity index (χ0n) is 21.9. The van der Waals surface area contributed by atoms with Gasteiger partial charge in [0.15, 0.2) is 11.6 Å². The number of rotatable bonds is 9. The minimum atomic E-state index is -1.17. The molecular formula is C28H31F2N7O2. The number of nitrogens with one attached hydrogen (secondary N) is 3. The van der Waals surface area contributed by atoms with Crippen molar-refractivity contribution in [2.45, 2.75) is 32.1 Å². The Hall–Kier alpha value is -4.25. The largest absolute Gasteiger partial charge is 0.495 e. The number of nitrogens with zero attached hydrogens (tertiary/aromatic N) is 3. The van der Waals surface area contributed by atoms with E-state index in [9.17, 15) is 13.6 Å². The van der Waals surface area contributed by atoms with Gasteiger partial charge in [-0.25, -0.2) is 8.78 Å². The number of aromatic nitrogens is 3. The van der Waals surface area contributed by atoms with Crippen LogP contribution in [0, 0.1) is 11.6 Å². The molecule has 5 rings (SSSR count). The minimum Gasteiger partial charge on any atom is -0.495 e. The first kappa shape index (κ1) is 26.4. The van der Waals surface area contributed by atoms with Crippen LogP contribution < -0.4 is 21.1 Å². The first-order valence-corrected chi connectivity index (χ1v) is 12.9. The Kier molecular flexibility index (Phi) is 7.60. The number of H-pyrrole nitrogens is 1. The summed E-state index contributed by atoms with van der Waals surface area (Å²) in [5.74, 6) is -1.57. The van der Waals surface area contributed by atoms with E-state index in [0.29, 0.717) is 28.4 Å². The Morgan fingerprint density at radius 1 is 1.10 bits per heavy atom. The van der Waals surface area contributed by atoms with Crippen molar-refractivity contribution in [2.75, 3.05) is 37.4 Å². The highest BCUT2D eigenvalue weighted by molar-refractivity contribution is 6.00. The Morgan fingerprint density at radius 2 is 1.87 bits per heavy atom. The van der Waals surface area contributed by atoms with Gasteiger partial charge >= 0.3 is 0 Å². The molecule has 0 aliphatic carbocycles. The summed E-state index contributed by atoms with van der Waals surface area (Å²) < 4.78 is 33.5. The number of methoxy groups -OCH3 is 1. The average molecular weight is 536 g/mol. The van der Waals surface area contributed by atoms with Crippen LogP contribution in [0.4, 0.5) is 31.9 Å². The number of hydrogen-bond donors (Lipinski definition) is 4. The van der Waals surface area contributed by atoms with Crippen molar-refractivity contribution in [2.24, 2.45) is 5.73 Å². The van der Waals surface area contributed by atoms with Crippen LogP contribution in [-0.4, -0.2) is 52.5 Å². The summed E-state index contributed by atoms with van der Waals surface area (Å²) in [5.41, 5.74) is 7.57. The van der Waals surface area contributed by atoms with Gasteiger partial charge in [-0.05, 0) is 74.6 Å². The van der Waals surface area contributed by atoms with Gasteiger partial charge in [-0.3, -0.25) is 4.79 Å². The van der Waals surface area contributed by atoms with E-state index in [1.54, 1.807) is 19.4 Å². The Labute approximate surface area is 224 Å². The van der Waals surface area contributed by atoms with E-state index in [0.717, 1.165) is 44.6 Å². The van der Waals surface area contributed by atoms with Crippen LogP contribution in [0.15, 0.2) is 42.6 Å². The number of amides is 1. The van der Waals surface area contributed by atoms with E-state index in [4.69, 9.17) is 10.5 Å². The van der Waals surface area contributed by atoms with Gasteiger partial charge in [0.25, 0.3) is 5.91 Å². The summed E-state index contributed by atoms with van der Waals surface area (Å²) >= 11 is 0. The van der Waals surface area contributed by atoms with E-state index in [1.807, 2.05) is 6.07 Å². The van der Waals surface area contributed by atoms with Crippen LogP contribution in [0.1, 0.15) is 48.0 Å². The van der Waals surface area contributed by atoms with Crippen LogP contribution >= 0.6 is 0 Å². The van der Waals surface area contributed by atoms with Gasteiger partial charge in [-0.1, -0.05) is 13.0 Å². The van der Waals surface area contributed by atoms with E-state index in [2.05, 4.69) is 49.5 Å². The van der Waals surface area contributed by atoms with Crippen molar-refractivity contribution in [3.8, 4) is 5.75 Å². The fourth-order valence-corrected chi connectivity index (χ4v) is 5.07. The predicted octanol–water partition coefficient (Wildman–Crippen LogP) is 5.42. The van der Waals surface area contributed by atoms with Crippen molar-refractivity contribution >= 4 is 40.1 Å². The van der Waals surface area contributed by atoms with E-state index < -0.39 is 17.5 Å². The number of likely N-dealkylation sites (tertiary alicyclic amines) is 1. The van der Waals surface area contributed by atoms with Crippen LogP contribution in [-0.2, 0) is 0 Å². The molecule has 5 N–H and O–H groups in total. The van der Waals surface area contributed by atoms with Crippen molar-refractivity contribution < 1.29 is 18.3 Å². The summed E-state index contributed by atoms with van der Waals surface area (Å²) in [4.78, 5) is 26.5. The molecule has 0 unspecified atom stereocenters. The number of carbonyl (C=O) groups excluding carboxylic acids is 1. The number of hydrogen-bond acceptors (Lipinski definition) is 7. The van der Waals surface area contributed by atoms with E-state index in [-0.39, 0.29) is 23.0 Å². The Bertz CT molecular complexity index is 1500. The molecule has 2 aromatic heterocycles. The number of fused-ring (bicyclic) bond motifs is 1. The SMILES string of the molecule is CCCN1CCC(c2ccc(Nc3nc(Nc4cc(F)c(F)cc4C(N)=O)c4cc[nH]c4n3)c(OC)c2)CC1. The lowest BCUT2D eigenvalue weighted by molar-refractivity contribution is 0.100. The lowest BCUT2D eigenvalue weighted by Crippen LogP contribution is -2.33. The summed E-state index contributed by atoms with van der Waals surface area (Å²) in [5, 5.41) is 6.70. The maximum atomic E-state index is 14.0. The average Bonchev–Trinajstić information content (AvgIpc) is 3.40. The number of benzene rings is 2. The molecule has 1 aliphatic heterocycles. The third-order valence-corrected chi connectivity index (χ3v) is 7.07. The topological polar surface area (TPSA) is 121 Å². The lowest BCUT2D eigenvalue weighted by Gasteiger charge is -2.32. The molecular weight excluding hydrogens is 504 g/mol. The summed E-state index contributed by atoms with van der Waals surface area (Å²) in [6.07, 6.45) is 5.05. The maximum absolute atomic E-state index is 14.0. The van der Waals surface area contributed by atoms with Crippen molar-refractivity contribution in [3.05, 3.63) is 65.4 Å². The van der Waals surface area contributed by atoms with Gasteiger partial charge in [0, 0.05) is 12.3 Å². The predicted molar refractivity (Wildman–Crippen MR) is 147 cm³/mol. The second-order valence-corrected chi connectivity index (χ2v) is 9.64. The van der Waals surface area contributed by atoms with Crippen LogP contribution in [0.25, 0.3) is 11.0 Å². The van der Waals surface area contributed by atoms with Crippen LogP contribution in [0.5, 0.6) is 5.75 Å². The van der Waals surface area contributed by atoms with Gasteiger partial charge in [-0.2, -0.15) is 9.97 Å². The number of primary amides is 1. The molecule has 1 aliphatic rings. The molecule has 1 fully saturated rings. The highest BCUT2D eigenvalue weighted by atomic mass is 19.2. The second kappa shape index (κ2) is 11.2. The molecule has 2 aromatic carbocycles. The number of piperidine rings is 1. The Balaban J connectivity index is 1.42. The molecule has 11 heteroatoms. The lowest BCUT2D eigenvalue weighted by atomic mass is 9.89. The number of anilines is 4. The van der Waals surface area contributed by atoms with Crippen molar-refractivity contribution in [3.63, 3.8) is 0 Å². The highest BCUT2D eigenvalue weighted by Gasteiger charge is 2.22. The highest BCUT2D eigenvalue weighted by Crippen LogP contribution is 2.35. The Morgan fingerprint density at radius 3 is 2.59 bits per heavy atom. The number of aromatic amines is 1. The summed E-state index contributed by atoms with van der Waals surface area (Å²) in [7, 11) is 1.62. The van der Waals surface area contributed by atoms with Gasteiger partial charge < -0.3 is 31.0 Å². The molecule has 39 heavy (non-hydrogen) atoms. The molecule has 1 saturated heterocycles. The van der Waals surface area contributed by atoms with Gasteiger partial charge in [0.2, 0.25) is 5.95 Å². The number of carbonyl (C=O) groups is 1. The molecule has 9 nitrogen and oxygen atoms in total. The second-order valence-electron chi connectivity index (χ2n) is 9.64. The van der Waals surface area contributed by atoms with Crippen molar-refractivity contribution in [1.82, 2.24) is 19.9 Å². The summed E-state index contributed by atoms with van der Waals surface area (Å²) in [6.45, 7) is 5.53. The third kappa shape index (κ3) is 5.63. The molecule has 0 atom stereocenters. The first-order valence-electron chi connectivity index (χ1n) is 12.9. The minimum absolute atomic E-state index is 0.0135.